The Labute approximate surface area is 233 Å². The molecule has 2 fully saturated rings. The van der Waals surface area contributed by atoms with Crippen LogP contribution in [0.5, 0.6) is 5.75 Å². The Balaban J connectivity index is 1.55. The minimum atomic E-state index is -2.85. The van der Waals surface area contributed by atoms with Gasteiger partial charge in [0.25, 0.3) is 12.3 Å². The quantitative estimate of drug-likeness (QED) is 0.445. The van der Waals surface area contributed by atoms with Gasteiger partial charge in [-0.1, -0.05) is 17.3 Å². The second-order valence-corrected chi connectivity index (χ2v) is 11.0. The number of methoxy groups -OCH3 is 1. The lowest BCUT2D eigenvalue weighted by atomic mass is 9.97. The van der Waals surface area contributed by atoms with Crippen LogP contribution in [0.25, 0.3) is 11.1 Å². The molecule has 1 aliphatic carbocycles. The molecule has 5 rings (SSSR count). The standard InChI is InChI=1S/C27H27F2N7O3S/c1-27(2)25(38)36(10-9-35(27)3)21-12-16(17-11-19(23(28)29)30-14-20(17)39-4)18(13-31-21)24(37)32-26-34-33-22(40-26)8-7-15-5-6-15/h11-15,23H,5-6,9-10H2,1-4H3,(H,32,34,37). The number of pyridine rings is 2. The number of hydrogen-bond acceptors (Lipinski definition) is 9. The highest BCUT2D eigenvalue weighted by atomic mass is 32.1. The van der Waals surface area contributed by atoms with Crippen molar-refractivity contribution in [2.24, 2.45) is 5.92 Å². The van der Waals surface area contributed by atoms with Gasteiger partial charge in [0.05, 0.1) is 24.4 Å². The minimum absolute atomic E-state index is 0.0649. The number of piperazine rings is 1. The molecular formula is C27H27F2N7O3S. The van der Waals surface area contributed by atoms with E-state index >= 15 is 0 Å². The van der Waals surface area contributed by atoms with E-state index in [-0.39, 0.29) is 39.3 Å². The summed E-state index contributed by atoms with van der Waals surface area (Å²) < 4.78 is 32.7. The summed E-state index contributed by atoms with van der Waals surface area (Å²) >= 11 is 1.13. The monoisotopic (exact) mass is 567 g/mol. The molecular weight excluding hydrogens is 540 g/mol. The number of rotatable bonds is 6. The molecule has 4 heterocycles. The Kier molecular flexibility index (Phi) is 7.48. The van der Waals surface area contributed by atoms with Crippen LogP contribution in [-0.4, -0.2) is 69.7 Å². The number of halogens is 2. The zero-order valence-electron chi connectivity index (χ0n) is 22.4. The van der Waals surface area contributed by atoms with Crippen LogP contribution in [0.1, 0.15) is 54.2 Å². The van der Waals surface area contributed by atoms with Gasteiger partial charge in [-0.25, -0.2) is 13.8 Å². The smallest absolute Gasteiger partial charge is 0.280 e. The van der Waals surface area contributed by atoms with Crippen molar-refractivity contribution in [3.8, 4) is 28.7 Å². The molecule has 208 valence electrons. The van der Waals surface area contributed by atoms with Crippen molar-refractivity contribution in [2.75, 3.05) is 37.5 Å². The predicted molar refractivity (Wildman–Crippen MR) is 146 cm³/mol. The van der Waals surface area contributed by atoms with Crippen molar-refractivity contribution in [2.45, 2.75) is 38.7 Å². The van der Waals surface area contributed by atoms with Gasteiger partial charge in [0.2, 0.25) is 11.0 Å². The number of likely N-dealkylation sites (N-methyl/N-ethyl adjacent to an activating group) is 1. The third-order valence-corrected chi connectivity index (χ3v) is 7.77. The van der Waals surface area contributed by atoms with E-state index in [4.69, 9.17) is 4.74 Å². The van der Waals surface area contributed by atoms with Crippen LogP contribution >= 0.6 is 11.3 Å². The fraction of sp³-hybridized carbons (Fsp3) is 0.407. The fourth-order valence-electron chi connectivity index (χ4n) is 4.17. The number of alkyl halides is 2. The molecule has 10 nitrogen and oxygen atoms in total. The number of nitrogens with one attached hydrogen (secondary N) is 1. The SMILES string of the molecule is COc1cnc(C(F)F)cc1-c1cc(N2CCN(C)C(C)(C)C2=O)ncc1C(=O)Nc1nnc(C#CC2CC2)s1. The van der Waals surface area contributed by atoms with Gasteiger partial charge in [-0.15, -0.1) is 10.2 Å². The Morgan fingerprint density at radius 3 is 2.65 bits per heavy atom. The van der Waals surface area contributed by atoms with E-state index in [0.29, 0.717) is 24.0 Å². The molecule has 0 radical (unpaired) electrons. The molecule has 13 heteroatoms. The van der Waals surface area contributed by atoms with Gasteiger partial charge in [-0.2, -0.15) is 0 Å². The molecule has 3 aromatic heterocycles. The second kappa shape index (κ2) is 10.9. The highest BCUT2D eigenvalue weighted by Gasteiger charge is 2.41. The third kappa shape index (κ3) is 5.50. The lowest BCUT2D eigenvalue weighted by Crippen LogP contribution is -2.62. The summed E-state index contributed by atoms with van der Waals surface area (Å²) in [5, 5.41) is 11.4. The topological polar surface area (TPSA) is 113 Å². The van der Waals surface area contributed by atoms with Gasteiger partial charge in [0, 0.05) is 36.3 Å². The van der Waals surface area contributed by atoms with Crippen LogP contribution in [-0.2, 0) is 4.79 Å². The number of anilines is 2. The van der Waals surface area contributed by atoms with E-state index in [2.05, 4.69) is 37.3 Å². The summed E-state index contributed by atoms with van der Waals surface area (Å²) in [4.78, 5) is 38.5. The fourth-order valence-corrected chi connectivity index (χ4v) is 4.77. The van der Waals surface area contributed by atoms with Gasteiger partial charge < -0.3 is 4.74 Å². The van der Waals surface area contributed by atoms with E-state index in [1.807, 2.05) is 25.8 Å². The van der Waals surface area contributed by atoms with Crippen molar-refractivity contribution in [3.05, 3.63) is 40.8 Å². The number of carbonyl (C=O) groups excluding carboxylic acids is 2. The van der Waals surface area contributed by atoms with E-state index < -0.39 is 23.6 Å². The van der Waals surface area contributed by atoms with Gasteiger partial charge in [-0.3, -0.25) is 29.7 Å². The van der Waals surface area contributed by atoms with Crippen molar-refractivity contribution < 1.29 is 23.1 Å². The molecule has 1 saturated carbocycles. The number of amides is 2. The van der Waals surface area contributed by atoms with Gasteiger partial charge >= 0.3 is 0 Å². The summed E-state index contributed by atoms with van der Waals surface area (Å²) in [7, 11) is 3.24. The van der Waals surface area contributed by atoms with E-state index in [1.165, 1.54) is 36.5 Å². The summed E-state index contributed by atoms with van der Waals surface area (Å²) in [5.74, 6) is 6.14. The maximum absolute atomic E-state index is 13.6. The van der Waals surface area contributed by atoms with E-state index in [0.717, 1.165) is 24.2 Å². The third-order valence-electron chi connectivity index (χ3n) is 7.02. The summed E-state index contributed by atoms with van der Waals surface area (Å²) in [5.41, 5.74) is -0.761. The molecule has 0 spiro atoms. The number of nitrogens with zero attached hydrogens (tertiary/aromatic N) is 6. The van der Waals surface area contributed by atoms with Crippen LogP contribution in [0.3, 0.4) is 0 Å². The minimum Gasteiger partial charge on any atom is -0.494 e. The van der Waals surface area contributed by atoms with Gasteiger partial charge in [0.15, 0.2) is 5.01 Å². The van der Waals surface area contributed by atoms with Crippen molar-refractivity contribution in [1.29, 1.82) is 0 Å². The number of hydrogen-bond donors (Lipinski definition) is 1. The first-order chi connectivity index (χ1) is 19.1. The van der Waals surface area contributed by atoms with E-state index in [9.17, 15) is 18.4 Å². The number of aromatic nitrogens is 4. The lowest BCUT2D eigenvalue weighted by molar-refractivity contribution is -0.130. The summed E-state index contributed by atoms with van der Waals surface area (Å²) in [6, 6.07) is 2.71. The summed E-state index contributed by atoms with van der Waals surface area (Å²) in [6.45, 7) is 4.59. The van der Waals surface area contributed by atoms with Crippen molar-refractivity contribution in [3.63, 3.8) is 0 Å². The zero-order chi connectivity index (χ0) is 28.6. The lowest BCUT2D eigenvalue weighted by Gasteiger charge is -2.43. The molecule has 1 saturated heterocycles. The Morgan fingerprint density at radius 2 is 1.95 bits per heavy atom. The highest BCUT2D eigenvalue weighted by Crippen LogP contribution is 2.37. The molecule has 1 N–H and O–H groups in total. The Bertz CT molecular complexity index is 1530. The molecule has 0 bridgehead atoms. The molecule has 3 aromatic rings. The summed E-state index contributed by atoms with van der Waals surface area (Å²) in [6.07, 6.45) is 1.79. The molecule has 0 aromatic carbocycles. The maximum atomic E-state index is 13.6. The molecule has 0 atom stereocenters. The average molecular weight is 568 g/mol. The van der Waals surface area contributed by atoms with Crippen molar-refractivity contribution >= 4 is 34.1 Å². The maximum Gasteiger partial charge on any atom is 0.280 e. The largest absolute Gasteiger partial charge is 0.494 e. The van der Waals surface area contributed by atoms with Gasteiger partial charge in [0.1, 0.15) is 17.3 Å². The number of carbonyl (C=O) groups is 2. The van der Waals surface area contributed by atoms with Crippen molar-refractivity contribution in [1.82, 2.24) is 25.1 Å². The zero-order valence-corrected chi connectivity index (χ0v) is 23.2. The number of ether oxygens (including phenoxy) is 1. The molecule has 2 aliphatic rings. The average Bonchev–Trinajstić information content (AvgIpc) is 3.67. The van der Waals surface area contributed by atoms with Crippen LogP contribution < -0.4 is 15.0 Å². The predicted octanol–water partition coefficient (Wildman–Crippen LogP) is 4.01. The van der Waals surface area contributed by atoms with Gasteiger partial charge in [-0.05, 0) is 51.8 Å². The normalized spacial score (nSPS) is 17.0. The second-order valence-electron chi connectivity index (χ2n) is 10.0. The first-order valence-electron chi connectivity index (χ1n) is 12.6. The van der Waals surface area contributed by atoms with Crippen LogP contribution in [0.4, 0.5) is 19.7 Å². The van der Waals surface area contributed by atoms with E-state index in [1.54, 1.807) is 0 Å². The van der Waals surface area contributed by atoms with Crippen LogP contribution in [0, 0.1) is 17.8 Å². The Hall–Kier alpha value is -4.02. The molecule has 1 aliphatic heterocycles. The molecule has 40 heavy (non-hydrogen) atoms. The first kappa shape index (κ1) is 27.5. The van der Waals surface area contributed by atoms with Crippen LogP contribution in [0.2, 0.25) is 0 Å². The Morgan fingerprint density at radius 1 is 1.18 bits per heavy atom. The highest BCUT2D eigenvalue weighted by molar-refractivity contribution is 7.15. The van der Waals surface area contributed by atoms with Crippen LogP contribution in [0.15, 0.2) is 24.5 Å². The molecule has 2 amide bonds. The molecule has 0 unspecified atom stereocenters. The first-order valence-corrected chi connectivity index (χ1v) is 13.4.